The number of amides is 1. The predicted octanol–water partition coefficient (Wildman–Crippen LogP) is 2.64. The zero-order chi connectivity index (χ0) is 15.5. The van der Waals surface area contributed by atoms with Crippen LogP contribution in [0.15, 0.2) is 4.52 Å². The standard InChI is InChI=1S/C16H27N3O2/c1-5-7-16(8-6-9-17-10-16)15(20)18-11(2)14-12(3)19-21-13(14)4/h11,17H,5-10H2,1-4H3,(H,18,20). The largest absolute Gasteiger partial charge is 0.361 e. The zero-order valence-electron chi connectivity index (χ0n) is 13.6. The quantitative estimate of drug-likeness (QED) is 0.876. The average molecular weight is 293 g/mol. The number of carbonyl (C=O) groups excluding carboxylic acids is 1. The van der Waals surface area contributed by atoms with Crippen LogP contribution in [-0.4, -0.2) is 24.2 Å². The fourth-order valence-electron chi connectivity index (χ4n) is 3.50. The van der Waals surface area contributed by atoms with E-state index in [1.807, 2.05) is 20.8 Å². The van der Waals surface area contributed by atoms with Gasteiger partial charge in [0, 0.05) is 12.1 Å². The minimum atomic E-state index is -0.264. The summed E-state index contributed by atoms with van der Waals surface area (Å²) in [6, 6.07) is -0.0700. The summed E-state index contributed by atoms with van der Waals surface area (Å²) in [7, 11) is 0. The van der Waals surface area contributed by atoms with Gasteiger partial charge in [-0.3, -0.25) is 4.79 Å². The van der Waals surface area contributed by atoms with Crippen LogP contribution in [0.4, 0.5) is 0 Å². The molecule has 0 aromatic carbocycles. The molecule has 2 N–H and O–H groups in total. The van der Waals surface area contributed by atoms with Crippen molar-refractivity contribution >= 4 is 5.91 Å². The van der Waals surface area contributed by atoms with E-state index in [2.05, 4.69) is 22.7 Å². The van der Waals surface area contributed by atoms with Crippen molar-refractivity contribution in [2.24, 2.45) is 5.41 Å². The number of hydrogen-bond donors (Lipinski definition) is 2. The topological polar surface area (TPSA) is 67.2 Å². The first-order chi connectivity index (χ1) is 10.00. The number of piperidine rings is 1. The molecule has 2 unspecified atom stereocenters. The minimum absolute atomic E-state index is 0.0700. The molecule has 0 saturated carbocycles. The summed E-state index contributed by atoms with van der Waals surface area (Å²) in [5.41, 5.74) is 1.59. The molecule has 1 amide bonds. The van der Waals surface area contributed by atoms with Gasteiger partial charge >= 0.3 is 0 Å². The molecule has 118 valence electrons. The van der Waals surface area contributed by atoms with Crippen molar-refractivity contribution < 1.29 is 9.32 Å². The molecule has 1 fully saturated rings. The average Bonchev–Trinajstić information content (AvgIpc) is 2.79. The minimum Gasteiger partial charge on any atom is -0.361 e. The van der Waals surface area contributed by atoms with Gasteiger partial charge in [0.25, 0.3) is 0 Å². The van der Waals surface area contributed by atoms with E-state index in [9.17, 15) is 4.79 Å². The van der Waals surface area contributed by atoms with Crippen LogP contribution in [0.25, 0.3) is 0 Å². The van der Waals surface area contributed by atoms with E-state index in [-0.39, 0.29) is 17.4 Å². The Bertz CT molecular complexity index is 465. The van der Waals surface area contributed by atoms with Crippen molar-refractivity contribution in [1.29, 1.82) is 0 Å². The van der Waals surface area contributed by atoms with Crippen molar-refractivity contribution in [3.8, 4) is 0 Å². The molecule has 2 heterocycles. The second-order valence-electron chi connectivity index (χ2n) is 6.24. The van der Waals surface area contributed by atoms with E-state index < -0.39 is 0 Å². The summed E-state index contributed by atoms with van der Waals surface area (Å²) >= 11 is 0. The summed E-state index contributed by atoms with van der Waals surface area (Å²) in [4.78, 5) is 12.8. The lowest BCUT2D eigenvalue weighted by Crippen LogP contribution is -2.51. The van der Waals surface area contributed by atoms with Gasteiger partial charge in [-0.15, -0.1) is 0 Å². The summed E-state index contributed by atoms with van der Waals surface area (Å²) in [6.45, 7) is 9.74. The van der Waals surface area contributed by atoms with Crippen LogP contribution in [0, 0.1) is 19.3 Å². The lowest BCUT2D eigenvalue weighted by Gasteiger charge is -2.37. The Kier molecular flexibility index (Phi) is 5.04. The molecule has 0 spiro atoms. The molecule has 5 heteroatoms. The Morgan fingerprint density at radius 2 is 2.29 bits per heavy atom. The molecule has 1 aromatic heterocycles. The monoisotopic (exact) mass is 293 g/mol. The van der Waals surface area contributed by atoms with E-state index in [1.165, 1.54) is 0 Å². The third kappa shape index (κ3) is 3.28. The molecule has 1 aliphatic heterocycles. The van der Waals surface area contributed by atoms with Gasteiger partial charge in [0.1, 0.15) is 5.76 Å². The number of hydrogen-bond acceptors (Lipinski definition) is 4. The van der Waals surface area contributed by atoms with Crippen LogP contribution in [0.5, 0.6) is 0 Å². The third-order valence-electron chi connectivity index (χ3n) is 4.55. The van der Waals surface area contributed by atoms with Gasteiger partial charge in [0.15, 0.2) is 0 Å². The molecule has 1 aromatic rings. The van der Waals surface area contributed by atoms with Gasteiger partial charge in [-0.1, -0.05) is 18.5 Å². The smallest absolute Gasteiger partial charge is 0.227 e. The number of carbonyl (C=O) groups is 1. The SMILES string of the molecule is CCCC1(C(=O)NC(C)c2c(C)noc2C)CCCNC1. The fourth-order valence-corrected chi connectivity index (χ4v) is 3.50. The Morgan fingerprint density at radius 1 is 1.52 bits per heavy atom. The Balaban J connectivity index is 2.11. The maximum atomic E-state index is 12.8. The van der Waals surface area contributed by atoms with E-state index in [4.69, 9.17) is 4.52 Å². The predicted molar refractivity (Wildman–Crippen MR) is 82.0 cm³/mol. The molecular weight excluding hydrogens is 266 g/mol. The summed E-state index contributed by atoms with van der Waals surface area (Å²) < 4.78 is 5.20. The summed E-state index contributed by atoms with van der Waals surface area (Å²) in [5.74, 6) is 0.940. The molecule has 2 rings (SSSR count). The summed E-state index contributed by atoms with van der Waals surface area (Å²) in [6.07, 6.45) is 3.98. The van der Waals surface area contributed by atoms with Crippen molar-refractivity contribution in [3.63, 3.8) is 0 Å². The first kappa shape index (κ1) is 16.0. The molecule has 5 nitrogen and oxygen atoms in total. The maximum absolute atomic E-state index is 12.8. The van der Waals surface area contributed by atoms with Crippen LogP contribution in [-0.2, 0) is 4.79 Å². The van der Waals surface area contributed by atoms with Gasteiger partial charge in [0.05, 0.1) is 17.2 Å². The number of nitrogens with one attached hydrogen (secondary N) is 2. The highest BCUT2D eigenvalue weighted by Crippen LogP contribution is 2.33. The molecule has 0 aliphatic carbocycles. The van der Waals surface area contributed by atoms with E-state index in [1.54, 1.807) is 0 Å². The Hall–Kier alpha value is -1.36. The van der Waals surface area contributed by atoms with Crippen molar-refractivity contribution in [2.45, 2.75) is 59.4 Å². The van der Waals surface area contributed by atoms with Gasteiger partial charge in [-0.2, -0.15) is 0 Å². The van der Waals surface area contributed by atoms with Crippen LogP contribution < -0.4 is 10.6 Å². The van der Waals surface area contributed by atoms with Crippen molar-refractivity contribution in [1.82, 2.24) is 15.8 Å². The second-order valence-corrected chi connectivity index (χ2v) is 6.24. The molecule has 1 aliphatic rings. The van der Waals surface area contributed by atoms with Crippen molar-refractivity contribution in [3.05, 3.63) is 17.0 Å². The highest BCUT2D eigenvalue weighted by Gasteiger charge is 2.39. The van der Waals surface area contributed by atoms with E-state index in [0.717, 1.165) is 55.8 Å². The lowest BCUT2D eigenvalue weighted by molar-refractivity contribution is -0.133. The van der Waals surface area contributed by atoms with Crippen LogP contribution in [0.1, 0.15) is 62.6 Å². The first-order valence-corrected chi connectivity index (χ1v) is 7.94. The highest BCUT2D eigenvalue weighted by molar-refractivity contribution is 5.83. The molecular formula is C16H27N3O2. The highest BCUT2D eigenvalue weighted by atomic mass is 16.5. The van der Waals surface area contributed by atoms with Gasteiger partial charge in [-0.25, -0.2) is 0 Å². The molecule has 0 radical (unpaired) electrons. The molecule has 2 atom stereocenters. The Labute approximate surface area is 126 Å². The summed E-state index contributed by atoms with van der Waals surface area (Å²) in [5, 5.41) is 10.5. The van der Waals surface area contributed by atoms with Gasteiger partial charge in [0.2, 0.25) is 5.91 Å². The maximum Gasteiger partial charge on any atom is 0.227 e. The number of rotatable bonds is 5. The van der Waals surface area contributed by atoms with Crippen LogP contribution >= 0.6 is 0 Å². The zero-order valence-corrected chi connectivity index (χ0v) is 13.6. The van der Waals surface area contributed by atoms with Crippen molar-refractivity contribution in [2.75, 3.05) is 13.1 Å². The molecule has 1 saturated heterocycles. The normalized spacial score (nSPS) is 23.8. The van der Waals surface area contributed by atoms with Crippen LogP contribution in [0.2, 0.25) is 0 Å². The fraction of sp³-hybridized carbons (Fsp3) is 0.750. The molecule has 21 heavy (non-hydrogen) atoms. The lowest BCUT2D eigenvalue weighted by atomic mass is 9.76. The van der Waals surface area contributed by atoms with Gasteiger partial charge < -0.3 is 15.2 Å². The van der Waals surface area contributed by atoms with Crippen LogP contribution in [0.3, 0.4) is 0 Å². The van der Waals surface area contributed by atoms with Gasteiger partial charge in [-0.05, 0) is 46.6 Å². The second kappa shape index (κ2) is 6.60. The Morgan fingerprint density at radius 3 is 2.81 bits per heavy atom. The third-order valence-corrected chi connectivity index (χ3v) is 4.55. The number of aryl methyl sites for hydroxylation is 2. The number of aromatic nitrogens is 1. The number of nitrogens with zero attached hydrogens (tertiary/aromatic N) is 1. The molecule has 0 bridgehead atoms. The first-order valence-electron chi connectivity index (χ1n) is 7.94. The van der Waals surface area contributed by atoms with E-state index in [0.29, 0.717) is 0 Å². The van der Waals surface area contributed by atoms with E-state index >= 15 is 0 Å².